The predicted octanol–water partition coefficient (Wildman–Crippen LogP) is 2.15. The first-order valence-electron chi connectivity index (χ1n) is 5.32. The molecule has 0 fully saturated rings. The molecule has 1 aromatic rings. The molecule has 0 bridgehead atoms. The average molecular weight is 240 g/mol. The molecule has 1 aliphatic heterocycles. The standard InChI is InChI=1S/C12H13FO4/c1-7(12(14)15)2-9-3-8(5-13)4-10-11(9)17-6-16-10/h3-4,7H,2,5-6H2,1H3,(H,14,15). The van der Waals surface area contributed by atoms with Crippen molar-refractivity contribution in [3.63, 3.8) is 0 Å². The monoisotopic (exact) mass is 240 g/mol. The molecule has 0 aliphatic carbocycles. The van der Waals surface area contributed by atoms with Crippen LogP contribution in [0.1, 0.15) is 18.1 Å². The Hall–Kier alpha value is -1.78. The van der Waals surface area contributed by atoms with Crippen LogP contribution in [-0.2, 0) is 17.9 Å². The van der Waals surface area contributed by atoms with Crippen LogP contribution in [0, 0.1) is 5.92 Å². The van der Waals surface area contributed by atoms with Gasteiger partial charge in [-0.05, 0) is 29.7 Å². The van der Waals surface area contributed by atoms with E-state index < -0.39 is 18.6 Å². The van der Waals surface area contributed by atoms with Gasteiger partial charge in [-0.15, -0.1) is 0 Å². The smallest absolute Gasteiger partial charge is 0.306 e. The molecule has 1 atom stereocenters. The van der Waals surface area contributed by atoms with Gasteiger partial charge >= 0.3 is 5.97 Å². The van der Waals surface area contributed by atoms with Gasteiger partial charge < -0.3 is 14.6 Å². The summed E-state index contributed by atoms with van der Waals surface area (Å²) in [5.74, 6) is -0.399. The minimum Gasteiger partial charge on any atom is -0.481 e. The van der Waals surface area contributed by atoms with E-state index in [-0.39, 0.29) is 6.79 Å². The number of aliphatic carboxylic acids is 1. The second kappa shape index (κ2) is 4.61. The van der Waals surface area contributed by atoms with Gasteiger partial charge in [-0.1, -0.05) is 6.92 Å². The lowest BCUT2D eigenvalue weighted by atomic mass is 9.98. The minimum atomic E-state index is -0.886. The normalized spacial score (nSPS) is 14.7. The number of carboxylic acid groups (broad SMARTS) is 1. The lowest BCUT2D eigenvalue weighted by Crippen LogP contribution is -2.12. The number of carbonyl (C=O) groups is 1. The Bertz CT molecular complexity index is 444. The number of halogens is 1. The van der Waals surface area contributed by atoms with Crippen molar-refractivity contribution < 1.29 is 23.8 Å². The summed E-state index contributed by atoms with van der Waals surface area (Å²) < 4.78 is 23.1. The van der Waals surface area contributed by atoms with Crippen LogP contribution in [0.3, 0.4) is 0 Å². The number of carboxylic acids is 1. The summed E-state index contributed by atoms with van der Waals surface area (Å²) in [5.41, 5.74) is 1.16. The van der Waals surface area contributed by atoms with E-state index in [9.17, 15) is 9.18 Å². The van der Waals surface area contributed by atoms with Crippen LogP contribution < -0.4 is 9.47 Å². The summed E-state index contributed by atoms with van der Waals surface area (Å²) in [5, 5.41) is 8.87. The van der Waals surface area contributed by atoms with Crippen LogP contribution in [0.25, 0.3) is 0 Å². The molecular formula is C12H13FO4. The number of hydrogen-bond donors (Lipinski definition) is 1. The first kappa shape index (κ1) is 11.7. The van der Waals surface area contributed by atoms with Gasteiger partial charge in [-0.3, -0.25) is 4.79 Å². The number of hydrogen-bond acceptors (Lipinski definition) is 3. The molecule has 1 N–H and O–H groups in total. The molecule has 1 heterocycles. The van der Waals surface area contributed by atoms with E-state index >= 15 is 0 Å². The topological polar surface area (TPSA) is 55.8 Å². The van der Waals surface area contributed by atoms with Crippen molar-refractivity contribution in [3.05, 3.63) is 23.3 Å². The summed E-state index contributed by atoms with van der Waals surface area (Å²) >= 11 is 0. The zero-order valence-electron chi connectivity index (χ0n) is 9.40. The maximum Gasteiger partial charge on any atom is 0.306 e. The van der Waals surface area contributed by atoms with Crippen LogP contribution in [0.15, 0.2) is 12.1 Å². The Labute approximate surface area is 98.0 Å². The molecular weight excluding hydrogens is 227 g/mol. The lowest BCUT2D eigenvalue weighted by Gasteiger charge is -2.10. The second-order valence-corrected chi connectivity index (χ2v) is 4.07. The van der Waals surface area contributed by atoms with E-state index in [4.69, 9.17) is 14.6 Å². The van der Waals surface area contributed by atoms with E-state index in [0.717, 1.165) is 0 Å². The highest BCUT2D eigenvalue weighted by Gasteiger charge is 2.22. The minimum absolute atomic E-state index is 0.0968. The first-order chi connectivity index (χ1) is 8.11. The molecule has 0 spiro atoms. The molecule has 1 aromatic carbocycles. The fourth-order valence-electron chi connectivity index (χ4n) is 1.79. The molecule has 0 saturated carbocycles. The first-order valence-corrected chi connectivity index (χ1v) is 5.32. The van der Waals surface area contributed by atoms with Gasteiger partial charge in [0.2, 0.25) is 6.79 Å². The van der Waals surface area contributed by atoms with E-state index in [1.54, 1.807) is 19.1 Å². The molecule has 4 nitrogen and oxygen atoms in total. The van der Waals surface area contributed by atoms with E-state index in [0.29, 0.717) is 29.0 Å². The van der Waals surface area contributed by atoms with E-state index in [1.165, 1.54) is 0 Å². The molecule has 1 aliphatic rings. The van der Waals surface area contributed by atoms with Gasteiger partial charge in [0.1, 0.15) is 6.67 Å². The van der Waals surface area contributed by atoms with Crippen molar-refractivity contribution >= 4 is 5.97 Å². The summed E-state index contributed by atoms with van der Waals surface area (Å²) in [4.78, 5) is 10.8. The van der Waals surface area contributed by atoms with Gasteiger partial charge in [-0.2, -0.15) is 0 Å². The molecule has 0 saturated heterocycles. The van der Waals surface area contributed by atoms with Crippen molar-refractivity contribution in [2.24, 2.45) is 5.92 Å². The van der Waals surface area contributed by atoms with Crippen LogP contribution in [0.5, 0.6) is 11.5 Å². The molecule has 92 valence electrons. The molecule has 2 rings (SSSR count). The molecule has 0 aromatic heterocycles. The Balaban J connectivity index is 2.32. The Morgan fingerprint density at radius 3 is 2.94 bits per heavy atom. The van der Waals surface area contributed by atoms with Crippen molar-refractivity contribution in [1.29, 1.82) is 0 Å². The zero-order chi connectivity index (χ0) is 12.4. The molecule has 5 heteroatoms. The van der Waals surface area contributed by atoms with Crippen LogP contribution >= 0.6 is 0 Å². The summed E-state index contributed by atoms with van der Waals surface area (Å²) in [6.07, 6.45) is 0.300. The van der Waals surface area contributed by atoms with Crippen LogP contribution in [0.2, 0.25) is 0 Å². The zero-order valence-corrected chi connectivity index (χ0v) is 9.40. The van der Waals surface area contributed by atoms with E-state index in [1.807, 2.05) is 0 Å². The summed E-state index contributed by atoms with van der Waals surface area (Å²) in [6.45, 7) is 1.09. The largest absolute Gasteiger partial charge is 0.481 e. The Morgan fingerprint density at radius 2 is 2.29 bits per heavy atom. The Kier molecular flexibility index (Phi) is 3.17. The quantitative estimate of drug-likeness (QED) is 0.876. The molecule has 1 unspecified atom stereocenters. The van der Waals surface area contributed by atoms with Crippen molar-refractivity contribution in [2.75, 3.05) is 6.79 Å². The Morgan fingerprint density at radius 1 is 1.53 bits per heavy atom. The highest BCUT2D eigenvalue weighted by molar-refractivity contribution is 5.70. The third-order valence-corrected chi connectivity index (χ3v) is 2.71. The van der Waals surface area contributed by atoms with Crippen molar-refractivity contribution in [2.45, 2.75) is 20.0 Å². The second-order valence-electron chi connectivity index (χ2n) is 4.07. The lowest BCUT2D eigenvalue weighted by molar-refractivity contribution is -0.141. The summed E-state index contributed by atoms with van der Waals surface area (Å²) in [7, 11) is 0. The molecule has 17 heavy (non-hydrogen) atoms. The van der Waals surface area contributed by atoms with Gasteiger partial charge in [0.15, 0.2) is 11.5 Å². The average Bonchev–Trinajstić information content (AvgIpc) is 2.76. The van der Waals surface area contributed by atoms with Gasteiger partial charge in [0.05, 0.1) is 5.92 Å². The number of alkyl halides is 1. The number of ether oxygens (including phenoxy) is 2. The van der Waals surface area contributed by atoms with Crippen molar-refractivity contribution in [1.82, 2.24) is 0 Å². The van der Waals surface area contributed by atoms with Crippen LogP contribution in [0.4, 0.5) is 4.39 Å². The third kappa shape index (κ3) is 2.33. The maximum absolute atomic E-state index is 12.7. The predicted molar refractivity (Wildman–Crippen MR) is 57.9 cm³/mol. The highest BCUT2D eigenvalue weighted by atomic mass is 19.1. The fraction of sp³-hybridized carbons (Fsp3) is 0.417. The maximum atomic E-state index is 12.7. The highest BCUT2D eigenvalue weighted by Crippen LogP contribution is 2.38. The number of benzene rings is 1. The SMILES string of the molecule is CC(Cc1cc(CF)cc2c1OCO2)C(=O)O. The molecule has 0 amide bonds. The third-order valence-electron chi connectivity index (χ3n) is 2.71. The van der Waals surface area contributed by atoms with Gasteiger partial charge in [0, 0.05) is 0 Å². The number of rotatable bonds is 4. The van der Waals surface area contributed by atoms with E-state index in [2.05, 4.69) is 0 Å². The van der Waals surface area contributed by atoms with Gasteiger partial charge in [0.25, 0.3) is 0 Å². The van der Waals surface area contributed by atoms with Crippen LogP contribution in [-0.4, -0.2) is 17.9 Å². The summed E-state index contributed by atoms with van der Waals surface area (Å²) in [6, 6.07) is 3.21. The number of fused-ring (bicyclic) bond motifs is 1. The van der Waals surface area contributed by atoms with Crippen molar-refractivity contribution in [3.8, 4) is 11.5 Å². The van der Waals surface area contributed by atoms with Gasteiger partial charge in [-0.25, -0.2) is 4.39 Å². The fourth-order valence-corrected chi connectivity index (χ4v) is 1.79. The molecule has 0 radical (unpaired) electrons.